The summed E-state index contributed by atoms with van der Waals surface area (Å²) >= 11 is 6.05. The highest BCUT2D eigenvalue weighted by atomic mass is 35.5. The molecule has 0 radical (unpaired) electrons. The van der Waals surface area contributed by atoms with E-state index in [1.807, 2.05) is 6.92 Å². The van der Waals surface area contributed by atoms with Crippen LogP contribution in [0.2, 0.25) is 5.02 Å². The van der Waals surface area contributed by atoms with E-state index in [-0.39, 0.29) is 5.91 Å². The van der Waals surface area contributed by atoms with Gasteiger partial charge in [-0.05, 0) is 37.8 Å². The smallest absolute Gasteiger partial charge is 0.326 e. The van der Waals surface area contributed by atoms with E-state index >= 15 is 0 Å². The average molecular weight is 326 g/mol. The van der Waals surface area contributed by atoms with Gasteiger partial charge in [-0.3, -0.25) is 4.79 Å². The van der Waals surface area contributed by atoms with Crippen LogP contribution in [0.15, 0.2) is 24.3 Å². The number of rotatable bonds is 5. The summed E-state index contributed by atoms with van der Waals surface area (Å²) in [5.41, 5.74) is 0. The van der Waals surface area contributed by atoms with E-state index in [4.69, 9.17) is 16.3 Å². The molecule has 2 rings (SSSR count). The number of likely N-dealkylation sites (tertiary alicyclic amines) is 1. The number of nitrogens with zero attached hydrogens (tertiary/aromatic N) is 1. The van der Waals surface area contributed by atoms with Crippen molar-refractivity contribution in [3.05, 3.63) is 29.3 Å². The first-order chi connectivity index (χ1) is 10.5. The second-order valence-corrected chi connectivity index (χ2v) is 5.73. The minimum Gasteiger partial charge on any atom is -0.480 e. The molecule has 1 amide bonds. The second kappa shape index (κ2) is 7.49. The lowest BCUT2D eigenvalue weighted by Crippen LogP contribution is -2.52. The van der Waals surface area contributed by atoms with E-state index in [2.05, 4.69) is 0 Å². The van der Waals surface area contributed by atoms with Gasteiger partial charge in [0.25, 0.3) is 5.91 Å². The van der Waals surface area contributed by atoms with Gasteiger partial charge in [0.15, 0.2) is 6.10 Å². The molecule has 22 heavy (non-hydrogen) atoms. The molecule has 1 aromatic carbocycles. The van der Waals surface area contributed by atoms with Gasteiger partial charge in [0.1, 0.15) is 11.8 Å². The third kappa shape index (κ3) is 3.71. The van der Waals surface area contributed by atoms with Crippen LogP contribution in [-0.2, 0) is 9.59 Å². The van der Waals surface area contributed by atoms with Gasteiger partial charge in [0.2, 0.25) is 0 Å². The van der Waals surface area contributed by atoms with Crippen molar-refractivity contribution in [3.8, 4) is 5.75 Å². The first kappa shape index (κ1) is 16.6. The Morgan fingerprint density at radius 3 is 2.77 bits per heavy atom. The Morgan fingerprint density at radius 1 is 1.41 bits per heavy atom. The minimum absolute atomic E-state index is 0.283. The topological polar surface area (TPSA) is 66.8 Å². The van der Waals surface area contributed by atoms with Crippen LogP contribution < -0.4 is 4.74 Å². The molecule has 1 N–H and O–H groups in total. The van der Waals surface area contributed by atoms with E-state index < -0.39 is 18.1 Å². The molecule has 1 fully saturated rings. The Balaban J connectivity index is 2.14. The number of ether oxygens (including phenoxy) is 1. The zero-order valence-electron chi connectivity index (χ0n) is 12.5. The van der Waals surface area contributed by atoms with Gasteiger partial charge in [-0.1, -0.05) is 30.7 Å². The summed E-state index contributed by atoms with van der Waals surface area (Å²) in [6, 6.07) is 6.19. The van der Waals surface area contributed by atoms with Crippen molar-refractivity contribution in [2.75, 3.05) is 6.54 Å². The SMILES string of the molecule is CCC(Oc1ccccc1Cl)C(=O)N1CCCC[C@@H]1C(=O)O. The van der Waals surface area contributed by atoms with Crippen molar-refractivity contribution in [1.29, 1.82) is 0 Å². The van der Waals surface area contributed by atoms with Crippen LogP contribution in [0.3, 0.4) is 0 Å². The summed E-state index contributed by atoms with van der Waals surface area (Å²) in [6.45, 7) is 2.29. The number of carboxylic acids is 1. The summed E-state index contributed by atoms with van der Waals surface area (Å²) in [5.74, 6) is -0.802. The van der Waals surface area contributed by atoms with Crippen LogP contribution in [-0.4, -0.2) is 40.6 Å². The number of piperidine rings is 1. The van der Waals surface area contributed by atoms with Crippen molar-refractivity contribution >= 4 is 23.5 Å². The highest BCUT2D eigenvalue weighted by Gasteiger charge is 2.35. The van der Waals surface area contributed by atoms with Crippen LogP contribution >= 0.6 is 11.6 Å². The third-order valence-corrected chi connectivity index (χ3v) is 4.14. The van der Waals surface area contributed by atoms with E-state index in [0.29, 0.717) is 30.2 Å². The lowest BCUT2D eigenvalue weighted by molar-refractivity contribution is -0.155. The maximum atomic E-state index is 12.7. The van der Waals surface area contributed by atoms with Crippen LogP contribution in [0, 0.1) is 0 Å². The standard InChI is InChI=1S/C16H20ClNO4/c1-2-13(22-14-9-4-3-7-11(14)17)15(19)18-10-6-5-8-12(18)16(20)21/h3-4,7,9,12-13H,2,5-6,8,10H2,1H3,(H,20,21)/t12-,13?/m1/s1. The number of carboxylic acid groups (broad SMARTS) is 1. The maximum absolute atomic E-state index is 12.7. The molecule has 0 bridgehead atoms. The third-order valence-electron chi connectivity index (χ3n) is 3.82. The number of carbonyl (C=O) groups is 2. The molecule has 1 unspecified atom stereocenters. The summed E-state index contributed by atoms with van der Waals surface area (Å²) in [5, 5.41) is 9.72. The zero-order chi connectivity index (χ0) is 16.1. The van der Waals surface area contributed by atoms with Gasteiger partial charge in [-0.25, -0.2) is 4.79 Å². The van der Waals surface area contributed by atoms with E-state index in [9.17, 15) is 14.7 Å². The number of halogens is 1. The Hall–Kier alpha value is -1.75. The summed E-state index contributed by atoms with van der Waals surface area (Å²) < 4.78 is 5.72. The number of aliphatic carboxylic acids is 1. The number of hydrogen-bond acceptors (Lipinski definition) is 3. The quantitative estimate of drug-likeness (QED) is 0.903. The van der Waals surface area contributed by atoms with Gasteiger partial charge >= 0.3 is 5.97 Å². The molecule has 1 heterocycles. The Bertz CT molecular complexity index is 549. The molecule has 6 heteroatoms. The summed E-state index contributed by atoms with van der Waals surface area (Å²) in [7, 11) is 0. The molecule has 1 aliphatic rings. The molecular formula is C16H20ClNO4. The Morgan fingerprint density at radius 2 is 2.14 bits per heavy atom. The molecule has 0 spiro atoms. The fourth-order valence-corrected chi connectivity index (χ4v) is 2.82. The summed E-state index contributed by atoms with van der Waals surface area (Å²) in [6.07, 6.45) is 1.86. The minimum atomic E-state index is -0.958. The number of benzene rings is 1. The van der Waals surface area contributed by atoms with E-state index in [0.717, 1.165) is 12.8 Å². The molecular weight excluding hydrogens is 306 g/mol. The summed E-state index contributed by atoms with van der Waals surface area (Å²) in [4.78, 5) is 25.4. The molecule has 1 saturated heterocycles. The van der Waals surface area contributed by atoms with E-state index in [1.165, 1.54) is 4.90 Å². The Kier molecular flexibility index (Phi) is 5.66. The normalized spacial score (nSPS) is 19.5. The van der Waals surface area contributed by atoms with Crippen LogP contribution in [0.1, 0.15) is 32.6 Å². The van der Waals surface area contributed by atoms with E-state index in [1.54, 1.807) is 24.3 Å². The molecule has 5 nitrogen and oxygen atoms in total. The number of carbonyl (C=O) groups excluding carboxylic acids is 1. The van der Waals surface area contributed by atoms with Crippen molar-refractivity contribution < 1.29 is 19.4 Å². The van der Waals surface area contributed by atoms with Gasteiger partial charge < -0.3 is 14.7 Å². The molecule has 0 saturated carbocycles. The number of hydrogen-bond donors (Lipinski definition) is 1. The first-order valence-electron chi connectivity index (χ1n) is 7.49. The lowest BCUT2D eigenvalue weighted by Gasteiger charge is -2.35. The molecule has 1 aliphatic heterocycles. The largest absolute Gasteiger partial charge is 0.480 e. The number of para-hydroxylation sites is 1. The Labute approximate surface area is 134 Å². The predicted octanol–water partition coefficient (Wildman–Crippen LogP) is 2.96. The first-order valence-corrected chi connectivity index (χ1v) is 7.86. The van der Waals surface area contributed by atoms with Gasteiger partial charge in [-0.2, -0.15) is 0 Å². The highest BCUT2D eigenvalue weighted by molar-refractivity contribution is 6.32. The van der Waals surface area contributed by atoms with Crippen molar-refractivity contribution in [1.82, 2.24) is 4.90 Å². The van der Waals surface area contributed by atoms with Crippen molar-refractivity contribution in [2.24, 2.45) is 0 Å². The molecule has 0 aromatic heterocycles. The molecule has 0 aliphatic carbocycles. The lowest BCUT2D eigenvalue weighted by atomic mass is 10.0. The van der Waals surface area contributed by atoms with Crippen molar-refractivity contribution in [3.63, 3.8) is 0 Å². The van der Waals surface area contributed by atoms with Crippen LogP contribution in [0.4, 0.5) is 0 Å². The number of amides is 1. The second-order valence-electron chi connectivity index (χ2n) is 5.33. The fraction of sp³-hybridized carbons (Fsp3) is 0.500. The van der Waals surface area contributed by atoms with Crippen LogP contribution in [0.5, 0.6) is 5.75 Å². The van der Waals surface area contributed by atoms with Gasteiger partial charge in [0, 0.05) is 6.54 Å². The average Bonchev–Trinajstić information content (AvgIpc) is 2.53. The highest BCUT2D eigenvalue weighted by Crippen LogP contribution is 2.26. The fourth-order valence-electron chi connectivity index (χ4n) is 2.64. The molecule has 1 aromatic rings. The van der Waals surface area contributed by atoms with Gasteiger partial charge in [0.05, 0.1) is 5.02 Å². The van der Waals surface area contributed by atoms with Crippen LogP contribution in [0.25, 0.3) is 0 Å². The molecule has 120 valence electrons. The predicted molar refractivity (Wildman–Crippen MR) is 83.1 cm³/mol. The zero-order valence-corrected chi connectivity index (χ0v) is 13.3. The monoisotopic (exact) mass is 325 g/mol. The molecule has 2 atom stereocenters. The maximum Gasteiger partial charge on any atom is 0.326 e. The van der Waals surface area contributed by atoms with Crippen molar-refractivity contribution in [2.45, 2.75) is 44.8 Å². The van der Waals surface area contributed by atoms with Gasteiger partial charge in [-0.15, -0.1) is 0 Å².